The molecule has 298 valence electrons. The predicted octanol–water partition coefficient (Wildman–Crippen LogP) is 14.3. The van der Waals surface area contributed by atoms with Crippen molar-refractivity contribution in [3.05, 3.63) is 0 Å². The fourth-order valence-corrected chi connectivity index (χ4v) is 7.29. The maximum atomic E-state index is 13.4. The van der Waals surface area contributed by atoms with E-state index in [0.717, 1.165) is 51.4 Å². The molecule has 0 rings (SSSR count). The van der Waals surface area contributed by atoms with Crippen LogP contribution < -0.4 is 5.73 Å². The average molecular weight is 708 g/mol. The highest BCUT2D eigenvalue weighted by molar-refractivity contribution is 5.77. The highest BCUT2D eigenvalue weighted by Gasteiger charge is 2.33. The number of carbonyl (C=O) groups excluding carboxylic acids is 2. The van der Waals surface area contributed by atoms with E-state index in [4.69, 9.17) is 15.2 Å². The summed E-state index contributed by atoms with van der Waals surface area (Å²) in [6.45, 7) is 9.48. The summed E-state index contributed by atoms with van der Waals surface area (Å²) in [5, 5.41) is 0. The molecule has 50 heavy (non-hydrogen) atoms. The summed E-state index contributed by atoms with van der Waals surface area (Å²) in [5.74, 6) is -0.565. The molecule has 1 atom stereocenters. The highest BCUT2D eigenvalue weighted by atomic mass is 16.6. The lowest BCUT2D eigenvalue weighted by molar-refractivity contribution is -0.163. The smallest absolute Gasteiger partial charge is 0.322 e. The van der Waals surface area contributed by atoms with Gasteiger partial charge >= 0.3 is 11.9 Å². The van der Waals surface area contributed by atoms with E-state index in [9.17, 15) is 9.59 Å². The topological polar surface area (TPSA) is 78.6 Å². The summed E-state index contributed by atoms with van der Waals surface area (Å²) < 4.78 is 12.0. The standard InChI is InChI=1S/C45H89NO4/c1-5-9-13-17-21-23-25-27-31-35-41-49-44(48)42(46)36-37-43(47)50-45(38-32-28-19-15-11-7-3,39-33-29-20-16-12-8-4)40-34-30-26-24-22-18-14-10-6-2/h42H,5-41,46H2,1-4H3/t42-/m0/s1. The average Bonchev–Trinajstić information content (AvgIpc) is 3.11. The number of ether oxygens (including phenoxy) is 2. The first-order valence-electron chi connectivity index (χ1n) is 22.6. The highest BCUT2D eigenvalue weighted by Crippen LogP contribution is 2.34. The second-order valence-electron chi connectivity index (χ2n) is 15.8. The molecule has 0 unspecified atom stereocenters. The molecule has 0 spiro atoms. The number of unbranched alkanes of at least 4 members (excludes halogenated alkanes) is 27. The van der Waals surface area contributed by atoms with Gasteiger partial charge in [0.25, 0.3) is 0 Å². The Labute approximate surface area is 313 Å². The Kier molecular flexibility index (Phi) is 36.8. The van der Waals surface area contributed by atoms with E-state index in [1.165, 1.54) is 167 Å². The summed E-state index contributed by atoms with van der Waals surface area (Å²) in [6.07, 6.45) is 42.4. The van der Waals surface area contributed by atoms with Crippen LogP contribution in [-0.2, 0) is 19.1 Å². The molecule has 0 saturated carbocycles. The SMILES string of the molecule is CCCCCCCCCCCCOC(=O)[C@@H](N)CCC(=O)OC(CCCCCCCC)(CCCCCCCC)CCCCCCCCCCC. The van der Waals surface area contributed by atoms with Crippen LogP contribution in [0.15, 0.2) is 0 Å². The van der Waals surface area contributed by atoms with Gasteiger partial charge in [0, 0.05) is 6.42 Å². The minimum absolute atomic E-state index is 0.182. The summed E-state index contributed by atoms with van der Waals surface area (Å²) in [7, 11) is 0. The van der Waals surface area contributed by atoms with Gasteiger partial charge < -0.3 is 15.2 Å². The quantitative estimate of drug-likeness (QED) is 0.0506. The normalized spacial score (nSPS) is 12.3. The van der Waals surface area contributed by atoms with E-state index in [1.54, 1.807) is 0 Å². The van der Waals surface area contributed by atoms with Gasteiger partial charge in [-0.2, -0.15) is 0 Å². The molecular weight excluding hydrogens is 618 g/mol. The largest absolute Gasteiger partial charge is 0.465 e. The van der Waals surface area contributed by atoms with Crippen molar-refractivity contribution in [2.75, 3.05) is 6.61 Å². The van der Waals surface area contributed by atoms with Crippen molar-refractivity contribution in [3.8, 4) is 0 Å². The Morgan fingerprint density at radius 1 is 0.460 bits per heavy atom. The lowest BCUT2D eigenvalue weighted by atomic mass is 9.84. The second-order valence-corrected chi connectivity index (χ2v) is 15.8. The van der Waals surface area contributed by atoms with Gasteiger partial charge in [-0.3, -0.25) is 9.59 Å². The Bertz CT molecular complexity index is 710. The number of hydrogen-bond donors (Lipinski definition) is 1. The van der Waals surface area contributed by atoms with Crippen LogP contribution in [0.25, 0.3) is 0 Å². The maximum absolute atomic E-state index is 13.4. The van der Waals surface area contributed by atoms with Gasteiger partial charge in [0.1, 0.15) is 11.6 Å². The molecule has 0 radical (unpaired) electrons. The van der Waals surface area contributed by atoms with Crippen molar-refractivity contribution in [1.82, 2.24) is 0 Å². The van der Waals surface area contributed by atoms with Crippen molar-refractivity contribution in [1.29, 1.82) is 0 Å². The molecule has 0 aliphatic heterocycles. The lowest BCUT2D eigenvalue weighted by Crippen LogP contribution is -2.37. The van der Waals surface area contributed by atoms with E-state index in [1.807, 2.05) is 0 Å². The van der Waals surface area contributed by atoms with Crippen LogP contribution in [0.3, 0.4) is 0 Å². The molecule has 0 aromatic carbocycles. The van der Waals surface area contributed by atoms with Crippen LogP contribution >= 0.6 is 0 Å². The minimum Gasteiger partial charge on any atom is -0.465 e. The van der Waals surface area contributed by atoms with Gasteiger partial charge in [-0.1, -0.05) is 201 Å². The maximum Gasteiger partial charge on any atom is 0.322 e. The Balaban J connectivity index is 4.93. The zero-order valence-electron chi connectivity index (χ0n) is 34.5. The molecule has 0 aliphatic rings. The molecule has 0 saturated heterocycles. The lowest BCUT2D eigenvalue weighted by Gasteiger charge is -2.34. The zero-order valence-corrected chi connectivity index (χ0v) is 34.5. The Morgan fingerprint density at radius 2 is 0.760 bits per heavy atom. The van der Waals surface area contributed by atoms with Crippen molar-refractivity contribution < 1.29 is 19.1 Å². The van der Waals surface area contributed by atoms with E-state index in [2.05, 4.69) is 27.7 Å². The second kappa shape index (κ2) is 37.7. The molecular formula is C45H89NO4. The molecule has 0 heterocycles. The van der Waals surface area contributed by atoms with Crippen LogP contribution in [0, 0.1) is 0 Å². The molecule has 0 bridgehead atoms. The summed E-state index contributed by atoms with van der Waals surface area (Å²) in [6, 6.07) is -0.769. The van der Waals surface area contributed by atoms with Crippen LogP contribution in [0.4, 0.5) is 0 Å². The van der Waals surface area contributed by atoms with Gasteiger partial charge in [-0.05, 0) is 51.4 Å². The zero-order chi connectivity index (χ0) is 36.8. The number of esters is 2. The first-order chi connectivity index (χ1) is 24.4. The fraction of sp³-hybridized carbons (Fsp3) is 0.956. The number of rotatable bonds is 40. The minimum atomic E-state index is -0.769. The summed E-state index contributed by atoms with van der Waals surface area (Å²) in [4.78, 5) is 26.0. The molecule has 2 N–H and O–H groups in total. The molecule has 0 amide bonds. The van der Waals surface area contributed by atoms with Crippen LogP contribution in [0.5, 0.6) is 0 Å². The van der Waals surface area contributed by atoms with Crippen LogP contribution in [0.1, 0.15) is 259 Å². The fourth-order valence-electron chi connectivity index (χ4n) is 7.29. The van der Waals surface area contributed by atoms with E-state index in [-0.39, 0.29) is 30.4 Å². The Morgan fingerprint density at radius 3 is 1.10 bits per heavy atom. The predicted molar refractivity (Wildman–Crippen MR) is 217 cm³/mol. The summed E-state index contributed by atoms with van der Waals surface area (Å²) in [5.41, 5.74) is 5.84. The van der Waals surface area contributed by atoms with Crippen molar-refractivity contribution in [2.24, 2.45) is 5.73 Å². The Hall–Kier alpha value is -1.10. The third-order valence-electron chi connectivity index (χ3n) is 10.7. The van der Waals surface area contributed by atoms with Gasteiger partial charge in [-0.25, -0.2) is 0 Å². The van der Waals surface area contributed by atoms with Gasteiger partial charge in [0.15, 0.2) is 0 Å². The molecule has 5 nitrogen and oxygen atoms in total. The molecule has 0 aliphatic carbocycles. The van der Waals surface area contributed by atoms with Crippen molar-refractivity contribution in [2.45, 2.75) is 270 Å². The van der Waals surface area contributed by atoms with Crippen LogP contribution in [-0.4, -0.2) is 30.2 Å². The van der Waals surface area contributed by atoms with E-state index in [0.29, 0.717) is 6.61 Å². The van der Waals surface area contributed by atoms with Crippen molar-refractivity contribution >= 4 is 11.9 Å². The molecule has 0 aromatic rings. The van der Waals surface area contributed by atoms with Gasteiger partial charge in [-0.15, -0.1) is 0 Å². The summed E-state index contributed by atoms with van der Waals surface area (Å²) >= 11 is 0. The first kappa shape index (κ1) is 48.9. The van der Waals surface area contributed by atoms with Gasteiger partial charge in [0.2, 0.25) is 0 Å². The molecule has 5 heteroatoms. The van der Waals surface area contributed by atoms with E-state index < -0.39 is 6.04 Å². The molecule has 0 fully saturated rings. The number of hydrogen-bond acceptors (Lipinski definition) is 5. The van der Waals surface area contributed by atoms with Crippen molar-refractivity contribution in [3.63, 3.8) is 0 Å². The number of nitrogens with two attached hydrogens (primary N) is 1. The third kappa shape index (κ3) is 31.6. The monoisotopic (exact) mass is 708 g/mol. The molecule has 0 aromatic heterocycles. The van der Waals surface area contributed by atoms with E-state index >= 15 is 0 Å². The first-order valence-corrected chi connectivity index (χ1v) is 22.6. The third-order valence-corrected chi connectivity index (χ3v) is 10.7. The van der Waals surface area contributed by atoms with Crippen LogP contribution in [0.2, 0.25) is 0 Å². The van der Waals surface area contributed by atoms with Gasteiger partial charge in [0.05, 0.1) is 6.61 Å². The number of carbonyl (C=O) groups is 2.